The van der Waals surface area contributed by atoms with Crippen molar-refractivity contribution in [3.63, 3.8) is 0 Å². The van der Waals surface area contributed by atoms with E-state index in [0.717, 1.165) is 16.5 Å². The summed E-state index contributed by atoms with van der Waals surface area (Å²) in [6.45, 7) is 0.714. The van der Waals surface area contributed by atoms with Crippen LogP contribution in [0, 0.1) is 0 Å². The molecule has 3 N–H and O–H groups in total. The van der Waals surface area contributed by atoms with Gasteiger partial charge in [-0.3, -0.25) is 9.59 Å². The molecule has 2 aromatic carbocycles. The lowest BCUT2D eigenvalue weighted by Gasteiger charge is -2.28. The lowest BCUT2D eigenvalue weighted by atomic mass is 10.0. The molecular formula is C21H21N3O3. The van der Waals surface area contributed by atoms with Crippen molar-refractivity contribution in [2.45, 2.75) is 25.2 Å². The molecule has 27 heavy (non-hydrogen) atoms. The molecule has 1 aliphatic heterocycles. The highest BCUT2D eigenvalue weighted by atomic mass is 16.5. The molecule has 2 unspecified atom stereocenters. The summed E-state index contributed by atoms with van der Waals surface area (Å²) in [5.41, 5.74) is 2.67. The molecule has 4 rings (SSSR count). The van der Waals surface area contributed by atoms with Crippen LogP contribution in [-0.2, 0) is 20.9 Å². The summed E-state index contributed by atoms with van der Waals surface area (Å²) in [5.74, 6) is -0.264. The Kier molecular flexibility index (Phi) is 5.00. The molecule has 0 spiro atoms. The molecule has 0 saturated carbocycles. The molecule has 0 bridgehead atoms. The minimum Gasteiger partial charge on any atom is -0.364 e. The summed E-state index contributed by atoms with van der Waals surface area (Å²) in [6, 6.07) is 16.8. The molecule has 6 nitrogen and oxygen atoms in total. The average molecular weight is 363 g/mol. The maximum absolute atomic E-state index is 12.5. The molecule has 1 saturated heterocycles. The number of carbonyl (C=O) groups excluding carboxylic acids is 2. The van der Waals surface area contributed by atoms with Gasteiger partial charge in [0.1, 0.15) is 6.10 Å². The Balaban J connectivity index is 1.31. The number of ether oxygens (including phenoxy) is 1. The van der Waals surface area contributed by atoms with Crippen LogP contribution >= 0.6 is 0 Å². The number of carbonyl (C=O) groups is 2. The first kappa shape index (κ1) is 17.5. The van der Waals surface area contributed by atoms with Crippen LogP contribution in [-0.4, -0.2) is 35.4 Å². The molecular weight excluding hydrogens is 342 g/mol. The van der Waals surface area contributed by atoms with E-state index in [2.05, 4.69) is 15.6 Å². The Morgan fingerprint density at radius 3 is 2.81 bits per heavy atom. The second-order valence-corrected chi connectivity index (χ2v) is 6.69. The minimum atomic E-state index is -0.548. The van der Waals surface area contributed by atoms with E-state index >= 15 is 0 Å². The highest BCUT2D eigenvalue weighted by molar-refractivity contribution is 6.00. The quantitative estimate of drug-likeness (QED) is 0.651. The highest BCUT2D eigenvalue weighted by Gasteiger charge is 2.32. The van der Waals surface area contributed by atoms with E-state index in [9.17, 15) is 9.59 Å². The van der Waals surface area contributed by atoms with Crippen molar-refractivity contribution >= 4 is 28.3 Å². The summed E-state index contributed by atoms with van der Waals surface area (Å²) < 4.78 is 5.72. The van der Waals surface area contributed by atoms with E-state index in [0.29, 0.717) is 18.8 Å². The van der Waals surface area contributed by atoms with Crippen molar-refractivity contribution in [2.24, 2.45) is 0 Å². The van der Waals surface area contributed by atoms with Gasteiger partial charge >= 0.3 is 0 Å². The fourth-order valence-corrected chi connectivity index (χ4v) is 3.23. The Morgan fingerprint density at radius 1 is 1.15 bits per heavy atom. The SMILES string of the molecule is O=C(Nc1ccc2cc[nH]c2c1)C1CC(=O)C(OCc2ccccc2)CN1. The molecule has 2 atom stereocenters. The minimum absolute atomic E-state index is 0.0512. The van der Waals surface area contributed by atoms with Crippen molar-refractivity contribution in [1.82, 2.24) is 10.3 Å². The van der Waals surface area contributed by atoms with Gasteiger partial charge in [0.05, 0.1) is 12.6 Å². The third kappa shape index (κ3) is 4.07. The van der Waals surface area contributed by atoms with Crippen molar-refractivity contribution in [3.8, 4) is 0 Å². The number of amides is 1. The Morgan fingerprint density at radius 2 is 2.00 bits per heavy atom. The zero-order chi connectivity index (χ0) is 18.6. The Bertz CT molecular complexity index is 951. The lowest BCUT2D eigenvalue weighted by Crippen LogP contribution is -2.53. The van der Waals surface area contributed by atoms with Gasteiger partial charge in [-0.15, -0.1) is 0 Å². The maximum atomic E-state index is 12.5. The molecule has 3 aromatic rings. The number of H-pyrrole nitrogens is 1. The number of anilines is 1. The van der Waals surface area contributed by atoms with E-state index in [1.54, 1.807) is 0 Å². The molecule has 1 fully saturated rings. The van der Waals surface area contributed by atoms with Gasteiger partial charge in [-0.2, -0.15) is 0 Å². The molecule has 1 aromatic heterocycles. The third-order valence-corrected chi connectivity index (χ3v) is 4.75. The number of hydrogen-bond donors (Lipinski definition) is 3. The first-order valence-corrected chi connectivity index (χ1v) is 8.99. The topological polar surface area (TPSA) is 83.2 Å². The fraction of sp³-hybridized carbons (Fsp3) is 0.238. The van der Waals surface area contributed by atoms with E-state index in [-0.39, 0.29) is 18.1 Å². The summed E-state index contributed by atoms with van der Waals surface area (Å²) in [7, 11) is 0. The summed E-state index contributed by atoms with van der Waals surface area (Å²) in [6.07, 6.45) is 1.45. The van der Waals surface area contributed by atoms with E-state index in [1.165, 1.54) is 0 Å². The first-order valence-electron chi connectivity index (χ1n) is 8.99. The average Bonchev–Trinajstić information content (AvgIpc) is 3.15. The van der Waals surface area contributed by atoms with Crippen molar-refractivity contribution < 1.29 is 14.3 Å². The Hall–Kier alpha value is -2.96. The lowest BCUT2D eigenvalue weighted by molar-refractivity contribution is -0.137. The number of ketones is 1. The molecule has 2 heterocycles. The van der Waals surface area contributed by atoms with E-state index in [4.69, 9.17) is 4.74 Å². The maximum Gasteiger partial charge on any atom is 0.241 e. The zero-order valence-electron chi connectivity index (χ0n) is 14.8. The molecule has 138 valence electrons. The predicted octanol–water partition coefficient (Wildman–Crippen LogP) is 2.62. The number of hydrogen-bond acceptors (Lipinski definition) is 4. The number of nitrogens with one attached hydrogen (secondary N) is 3. The van der Waals surface area contributed by atoms with Crippen LogP contribution in [0.2, 0.25) is 0 Å². The van der Waals surface area contributed by atoms with Crippen LogP contribution in [0.4, 0.5) is 5.69 Å². The molecule has 0 radical (unpaired) electrons. The van der Waals surface area contributed by atoms with Gasteiger partial charge in [0.2, 0.25) is 5.91 Å². The monoisotopic (exact) mass is 363 g/mol. The molecule has 1 amide bonds. The number of aromatic nitrogens is 1. The Labute approximate surface area is 156 Å². The molecule has 0 aliphatic carbocycles. The first-order chi connectivity index (χ1) is 13.2. The van der Waals surface area contributed by atoms with E-state index in [1.807, 2.05) is 60.8 Å². The van der Waals surface area contributed by atoms with Crippen molar-refractivity contribution in [3.05, 3.63) is 66.4 Å². The largest absolute Gasteiger partial charge is 0.364 e. The fourth-order valence-electron chi connectivity index (χ4n) is 3.23. The van der Waals surface area contributed by atoms with Gasteiger partial charge in [0.15, 0.2) is 5.78 Å². The van der Waals surface area contributed by atoms with Gasteiger partial charge in [-0.05, 0) is 29.1 Å². The van der Waals surface area contributed by atoms with Crippen LogP contribution in [0.25, 0.3) is 10.9 Å². The number of piperidine rings is 1. The van der Waals surface area contributed by atoms with Crippen molar-refractivity contribution in [1.29, 1.82) is 0 Å². The second kappa shape index (κ2) is 7.73. The molecule has 6 heteroatoms. The van der Waals surface area contributed by atoms with Crippen LogP contribution in [0.3, 0.4) is 0 Å². The highest BCUT2D eigenvalue weighted by Crippen LogP contribution is 2.19. The number of Topliss-reactive ketones (excluding diaryl/α,β-unsaturated/α-hetero) is 1. The van der Waals surface area contributed by atoms with Crippen LogP contribution in [0.1, 0.15) is 12.0 Å². The van der Waals surface area contributed by atoms with Gasteiger partial charge in [-0.1, -0.05) is 36.4 Å². The predicted molar refractivity (Wildman–Crippen MR) is 103 cm³/mol. The smallest absolute Gasteiger partial charge is 0.241 e. The van der Waals surface area contributed by atoms with Gasteiger partial charge < -0.3 is 20.4 Å². The summed E-state index contributed by atoms with van der Waals surface area (Å²) in [5, 5.41) is 7.08. The van der Waals surface area contributed by atoms with Crippen LogP contribution in [0.15, 0.2) is 60.8 Å². The van der Waals surface area contributed by atoms with Gasteiger partial charge in [-0.25, -0.2) is 0 Å². The number of benzene rings is 2. The van der Waals surface area contributed by atoms with Crippen molar-refractivity contribution in [2.75, 3.05) is 11.9 Å². The van der Waals surface area contributed by atoms with Gasteiger partial charge in [0, 0.05) is 30.4 Å². The van der Waals surface area contributed by atoms with Gasteiger partial charge in [0.25, 0.3) is 0 Å². The summed E-state index contributed by atoms with van der Waals surface area (Å²) >= 11 is 0. The van der Waals surface area contributed by atoms with E-state index < -0.39 is 12.1 Å². The number of aromatic amines is 1. The third-order valence-electron chi connectivity index (χ3n) is 4.75. The van der Waals surface area contributed by atoms with Crippen LogP contribution < -0.4 is 10.6 Å². The number of fused-ring (bicyclic) bond motifs is 1. The molecule has 1 aliphatic rings. The van der Waals surface area contributed by atoms with Crippen LogP contribution in [0.5, 0.6) is 0 Å². The standard InChI is InChI=1S/C21H21N3O3/c25-19-11-18(23-12-20(19)27-13-14-4-2-1-3-5-14)21(26)24-16-7-6-15-8-9-22-17(15)10-16/h1-10,18,20,22-23H,11-13H2,(H,24,26). The summed E-state index contributed by atoms with van der Waals surface area (Å²) in [4.78, 5) is 28.0. The zero-order valence-corrected chi connectivity index (χ0v) is 14.8. The normalized spacial score (nSPS) is 19.9. The second-order valence-electron chi connectivity index (χ2n) is 6.69. The number of rotatable bonds is 5.